The first kappa shape index (κ1) is 44.9. The third-order valence-corrected chi connectivity index (χ3v) is 16.6. The minimum Gasteiger partial charge on any atom is -0.310 e. The van der Waals surface area contributed by atoms with Gasteiger partial charge in [-0.05, 0) is 147 Å². The molecule has 3 aliphatic rings. The molecule has 3 aliphatic carbocycles. The molecule has 73 heavy (non-hydrogen) atoms. The van der Waals surface area contributed by atoms with Gasteiger partial charge in [0, 0.05) is 22.4 Å². The van der Waals surface area contributed by atoms with E-state index in [0.29, 0.717) is 0 Å². The van der Waals surface area contributed by atoms with Gasteiger partial charge >= 0.3 is 0 Å². The predicted octanol–water partition coefficient (Wildman–Crippen LogP) is 19.4. The smallest absolute Gasteiger partial charge is 0.0725 e. The topological polar surface area (TPSA) is 3.24 Å². The molecule has 0 saturated carbocycles. The number of hydrogen-bond donors (Lipinski definition) is 0. The summed E-state index contributed by atoms with van der Waals surface area (Å²) in [5.74, 6) is 0. The molecule has 1 spiro atoms. The summed E-state index contributed by atoms with van der Waals surface area (Å²) in [6, 6.07) is 85.4. The third-order valence-electron chi connectivity index (χ3n) is 16.6. The summed E-state index contributed by atoms with van der Waals surface area (Å²) < 4.78 is 0. The van der Waals surface area contributed by atoms with Gasteiger partial charge in [-0.25, -0.2) is 0 Å². The van der Waals surface area contributed by atoms with Crippen LogP contribution in [-0.2, 0) is 21.7 Å². The van der Waals surface area contributed by atoms with E-state index in [4.69, 9.17) is 0 Å². The molecule has 0 aromatic heterocycles. The predicted molar refractivity (Wildman–Crippen MR) is 309 cm³/mol. The first-order chi connectivity index (χ1) is 35.2. The van der Waals surface area contributed by atoms with Crippen molar-refractivity contribution < 1.29 is 0 Å². The van der Waals surface area contributed by atoms with Gasteiger partial charge in [-0.2, -0.15) is 0 Å². The van der Waals surface area contributed by atoms with E-state index in [0.717, 1.165) is 17.1 Å². The first-order valence-corrected chi connectivity index (χ1v) is 26.2. The number of nitrogens with zero attached hydrogens (tertiary/aromatic N) is 1. The minimum atomic E-state index is -0.521. The average molecular weight is 940 g/mol. The van der Waals surface area contributed by atoms with Crippen molar-refractivity contribution >= 4 is 17.1 Å². The molecule has 1 heteroatoms. The summed E-state index contributed by atoms with van der Waals surface area (Å²) in [7, 11) is 0. The lowest BCUT2D eigenvalue weighted by Gasteiger charge is -2.33. The highest BCUT2D eigenvalue weighted by Crippen LogP contribution is 2.65. The number of benzene rings is 10. The molecule has 0 unspecified atom stereocenters. The third kappa shape index (κ3) is 6.81. The quantitative estimate of drug-likeness (QED) is 0.161. The van der Waals surface area contributed by atoms with Crippen molar-refractivity contribution in [3.8, 4) is 66.8 Å². The van der Waals surface area contributed by atoms with Crippen molar-refractivity contribution in [2.45, 2.75) is 77.0 Å². The maximum Gasteiger partial charge on any atom is 0.0725 e. The zero-order chi connectivity index (χ0) is 50.0. The lowest BCUT2D eigenvalue weighted by molar-refractivity contribution is 0.586. The maximum atomic E-state index is 2.55. The van der Waals surface area contributed by atoms with Crippen LogP contribution in [0.3, 0.4) is 0 Å². The molecule has 354 valence electrons. The largest absolute Gasteiger partial charge is 0.310 e. The van der Waals surface area contributed by atoms with Gasteiger partial charge in [0.2, 0.25) is 0 Å². The molecule has 0 aliphatic heterocycles. The summed E-state index contributed by atoms with van der Waals surface area (Å²) in [4.78, 5) is 2.54. The molecule has 0 radical (unpaired) electrons. The van der Waals surface area contributed by atoms with E-state index in [1.54, 1.807) is 0 Å². The van der Waals surface area contributed by atoms with Gasteiger partial charge in [0.15, 0.2) is 0 Å². The van der Waals surface area contributed by atoms with Gasteiger partial charge in [0.25, 0.3) is 0 Å². The fourth-order valence-electron chi connectivity index (χ4n) is 12.8. The summed E-state index contributed by atoms with van der Waals surface area (Å²) in [5.41, 5.74) is 28.6. The normalized spacial score (nSPS) is 14.2. The molecule has 10 aromatic carbocycles. The highest BCUT2D eigenvalue weighted by Gasteiger charge is 2.53. The molecular formula is C72H61N. The number of anilines is 3. The standard InChI is InChI=1S/C72H61N/c1-69(2,3)50-33-39-56-57-40-34-51(70(4,5)6)44-66(57)72(65(56)43-50)62-28-18-16-25-60(62)68-59(26-19-29-63(68)72)58-38-32-49(47-22-13-10-14-23-47)42-67(58)73(52-35-30-48(31-36-52)46-20-11-9-12-21-46)53-37-41-55-54-24-15-17-27-61(54)71(7,8)64(55)45-53/h9-45H,1-8H3. The second-order valence-electron chi connectivity index (χ2n) is 23.3. The second-order valence-corrected chi connectivity index (χ2v) is 23.3. The fourth-order valence-corrected chi connectivity index (χ4v) is 12.8. The molecule has 0 amide bonds. The molecule has 10 aromatic rings. The molecule has 0 heterocycles. The monoisotopic (exact) mass is 939 g/mol. The van der Waals surface area contributed by atoms with Gasteiger partial charge in [0.05, 0.1) is 11.1 Å². The summed E-state index contributed by atoms with van der Waals surface area (Å²) >= 11 is 0. The molecule has 0 bridgehead atoms. The van der Waals surface area contributed by atoms with Crippen LogP contribution < -0.4 is 4.90 Å². The lowest BCUT2D eigenvalue weighted by Crippen LogP contribution is -2.27. The van der Waals surface area contributed by atoms with Crippen LogP contribution in [-0.4, -0.2) is 0 Å². The van der Waals surface area contributed by atoms with Crippen LogP contribution in [0.2, 0.25) is 0 Å². The van der Waals surface area contributed by atoms with Crippen molar-refractivity contribution in [2.75, 3.05) is 4.90 Å². The molecule has 0 fully saturated rings. The molecule has 0 N–H and O–H groups in total. The Morgan fingerprint density at radius 3 is 1.38 bits per heavy atom. The SMILES string of the molecule is CC(C)(C)c1ccc2c(c1)C1(c3cc(C(C)(C)C)ccc3-2)c2ccccc2-c2c(-c3ccc(-c4ccccc4)cc3N(c3ccc(-c4ccccc4)cc3)c3ccc4c(c3)C(C)(C)c3ccccc3-4)cccc21. The number of rotatable bonds is 6. The fraction of sp³-hybridized carbons (Fsp3) is 0.167. The van der Waals surface area contributed by atoms with E-state index in [1.807, 2.05) is 0 Å². The Balaban J connectivity index is 1.10. The zero-order valence-corrected chi connectivity index (χ0v) is 43.3. The van der Waals surface area contributed by atoms with Gasteiger partial charge < -0.3 is 4.90 Å². The van der Waals surface area contributed by atoms with Gasteiger partial charge in [-0.3, -0.25) is 0 Å². The van der Waals surface area contributed by atoms with Crippen LogP contribution in [0.5, 0.6) is 0 Å². The zero-order valence-electron chi connectivity index (χ0n) is 43.3. The van der Waals surface area contributed by atoms with Crippen molar-refractivity contribution in [3.05, 3.63) is 269 Å². The molecule has 0 atom stereocenters. The van der Waals surface area contributed by atoms with Crippen molar-refractivity contribution in [1.82, 2.24) is 0 Å². The van der Waals surface area contributed by atoms with Crippen LogP contribution in [0, 0.1) is 0 Å². The summed E-state index contributed by atoms with van der Waals surface area (Å²) in [6.07, 6.45) is 0. The number of hydrogen-bond acceptors (Lipinski definition) is 1. The highest BCUT2D eigenvalue weighted by molar-refractivity contribution is 6.03. The van der Waals surface area contributed by atoms with E-state index in [9.17, 15) is 0 Å². The van der Waals surface area contributed by atoms with E-state index >= 15 is 0 Å². The van der Waals surface area contributed by atoms with Crippen molar-refractivity contribution in [3.63, 3.8) is 0 Å². The van der Waals surface area contributed by atoms with E-state index < -0.39 is 5.41 Å². The lowest BCUT2D eigenvalue weighted by atomic mass is 9.68. The molecule has 0 saturated heterocycles. The molecule has 13 rings (SSSR count). The Morgan fingerprint density at radius 1 is 0.301 bits per heavy atom. The van der Waals surface area contributed by atoms with Crippen LogP contribution in [0.15, 0.2) is 224 Å². The van der Waals surface area contributed by atoms with Gasteiger partial charge in [-0.1, -0.05) is 250 Å². The van der Waals surface area contributed by atoms with Gasteiger partial charge in [-0.15, -0.1) is 0 Å². The van der Waals surface area contributed by atoms with E-state index in [1.165, 1.54) is 111 Å². The minimum absolute atomic E-state index is 0.0297. The van der Waals surface area contributed by atoms with E-state index in [-0.39, 0.29) is 16.2 Å². The Labute approximate surface area is 432 Å². The highest BCUT2D eigenvalue weighted by atomic mass is 15.1. The average Bonchev–Trinajstić information content (AvgIpc) is 3.97. The Bertz CT molecular complexity index is 3760. The van der Waals surface area contributed by atoms with Crippen molar-refractivity contribution in [1.29, 1.82) is 0 Å². The van der Waals surface area contributed by atoms with Crippen LogP contribution >= 0.6 is 0 Å². The first-order valence-electron chi connectivity index (χ1n) is 26.2. The second kappa shape index (κ2) is 16.3. The summed E-state index contributed by atoms with van der Waals surface area (Å²) in [6.45, 7) is 18.8. The Morgan fingerprint density at radius 2 is 0.753 bits per heavy atom. The Hall–Kier alpha value is -8.00. The summed E-state index contributed by atoms with van der Waals surface area (Å²) in [5, 5.41) is 0. The van der Waals surface area contributed by atoms with Crippen LogP contribution in [0.4, 0.5) is 17.1 Å². The van der Waals surface area contributed by atoms with Crippen molar-refractivity contribution in [2.24, 2.45) is 0 Å². The maximum absolute atomic E-state index is 2.55. The van der Waals surface area contributed by atoms with Crippen LogP contribution in [0.25, 0.3) is 66.8 Å². The van der Waals surface area contributed by atoms with Crippen LogP contribution in [0.1, 0.15) is 99.9 Å². The number of fused-ring (bicyclic) bond motifs is 13. The van der Waals surface area contributed by atoms with E-state index in [2.05, 4.69) is 285 Å². The Kier molecular flexibility index (Phi) is 10.0. The van der Waals surface area contributed by atoms with Gasteiger partial charge in [0.1, 0.15) is 0 Å². The molecule has 1 nitrogen and oxygen atoms in total. The molecular weight excluding hydrogens is 879 g/mol.